The Kier molecular flexibility index (Phi) is 4.36. The molecule has 0 saturated heterocycles. The van der Waals surface area contributed by atoms with Crippen molar-refractivity contribution in [3.8, 4) is 0 Å². The number of nitrogens with one attached hydrogen (secondary N) is 1. The average Bonchev–Trinajstić information content (AvgIpc) is 2.10. The number of rotatable bonds is 4. The standard InChI is InChI=1S/C8H10BrClN2O2S/c1-2-3-15(13,14)12-6-4-7(9)8(10)11-5-6/h4-5,12H,2-3H2,1H3. The average molecular weight is 314 g/mol. The number of anilines is 1. The Balaban J connectivity index is 2.86. The molecule has 0 amide bonds. The van der Waals surface area contributed by atoms with Crippen LogP contribution in [0.25, 0.3) is 0 Å². The molecule has 0 aromatic carbocycles. The molecule has 7 heteroatoms. The maximum absolute atomic E-state index is 11.4. The van der Waals surface area contributed by atoms with E-state index in [1.165, 1.54) is 6.20 Å². The van der Waals surface area contributed by atoms with E-state index in [4.69, 9.17) is 11.6 Å². The van der Waals surface area contributed by atoms with E-state index in [1.807, 2.05) is 0 Å². The number of halogens is 2. The predicted octanol–water partition coefficient (Wildman–Crippen LogP) is 2.65. The van der Waals surface area contributed by atoms with E-state index in [0.717, 1.165) is 0 Å². The molecule has 1 rings (SSSR count). The van der Waals surface area contributed by atoms with Crippen LogP contribution in [0.4, 0.5) is 5.69 Å². The quantitative estimate of drug-likeness (QED) is 0.869. The summed E-state index contributed by atoms with van der Waals surface area (Å²) in [7, 11) is -3.27. The smallest absolute Gasteiger partial charge is 0.232 e. The van der Waals surface area contributed by atoms with Crippen LogP contribution >= 0.6 is 27.5 Å². The molecule has 1 heterocycles. The normalized spacial score (nSPS) is 11.4. The summed E-state index contributed by atoms with van der Waals surface area (Å²) >= 11 is 8.84. The minimum absolute atomic E-state index is 0.0905. The van der Waals surface area contributed by atoms with Crippen LogP contribution in [0.3, 0.4) is 0 Å². The Morgan fingerprint density at radius 1 is 1.60 bits per heavy atom. The van der Waals surface area contributed by atoms with Crippen molar-refractivity contribution >= 4 is 43.2 Å². The zero-order valence-electron chi connectivity index (χ0n) is 8.00. The largest absolute Gasteiger partial charge is 0.282 e. The minimum Gasteiger partial charge on any atom is -0.282 e. The fourth-order valence-electron chi connectivity index (χ4n) is 0.976. The molecule has 0 unspecified atom stereocenters. The lowest BCUT2D eigenvalue weighted by molar-refractivity contribution is 0.600. The van der Waals surface area contributed by atoms with E-state index in [-0.39, 0.29) is 5.75 Å². The summed E-state index contributed by atoms with van der Waals surface area (Å²) in [4.78, 5) is 3.81. The van der Waals surface area contributed by atoms with E-state index in [9.17, 15) is 8.42 Å². The minimum atomic E-state index is -3.27. The molecule has 0 fully saturated rings. The lowest BCUT2D eigenvalue weighted by atomic mass is 10.4. The van der Waals surface area contributed by atoms with Crippen molar-refractivity contribution in [3.05, 3.63) is 21.9 Å². The highest BCUT2D eigenvalue weighted by Gasteiger charge is 2.09. The number of nitrogens with zero attached hydrogens (tertiary/aromatic N) is 1. The van der Waals surface area contributed by atoms with Crippen LogP contribution in [0.1, 0.15) is 13.3 Å². The van der Waals surface area contributed by atoms with E-state index in [0.29, 0.717) is 21.7 Å². The summed E-state index contributed by atoms with van der Waals surface area (Å²) in [6.07, 6.45) is 1.94. The molecular formula is C8H10BrClN2O2S. The van der Waals surface area contributed by atoms with Crippen LogP contribution in [-0.4, -0.2) is 19.2 Å². The molecule has 0 aliphatic carbocycles. The SMILES string of the molecule is CCCS(=O)(=O)Nc1cnc(Cl)c(Br)c1. The van der Waals surface area contributed by atoms with Gasteiger partial charge in [-0.1, -0.05) is 18.5 Å². The fourth-order valence-corrected chi connectivity index (χ4v) is 2.54. The van der Waals surface area contributed by atoms with Crippen LogP contribution in [0.15, 0.2) is 16.7 Å². The van der Waals surface area contributed by atoms with Gasteiger partial charge < -0.3 is 0 Å². The van der Waals surface area contributed by atoms with Gasteiger partial charge in [0.1, 0.15) is 5.15 Å². The predicted molar refractivity (Wildman–Crippen MR) is 64.6 cm³/mol. The molecule has 0 aliphatic rings. The molecule has 1 N–H and O–H groups in total. The zero-order chi connectivity index (χ0) is 11.5. The van der Waals surface area contributed by atoms with Crippen LogP contribution in [0.2, 0.25) is 5.15 Å². The Hall–Kier alpha value is -0.330. The van der Waals surface area contributed by atoms with Gasteiger partial charge in [0.2, 0.25) is 10.0 Å². The Labute approximate surface area is 102 Å². The van der Waals surface area contributed by atoms with E-state index in [1.54, 1.807) is 13.0 Å². The Morgan fingerprint density at radius 3 is 2.80 bits per heavy atom. The second-order valence-corrected chi connectivity index (χ2v) is 5.97. The first-order valence-electron chi connectivity index (χ1n) is 4.26. The van der Waals surface area contributed by atoms with Crippen molar-refractivity contribution in [1.82, 2.24) is 4.98 Å². The summed E-state index contributed by atoms with van der Waals surface area (Å²) in [5, 5.41) is 0.299. The molecule has 1 aromatic heterocycles. The van der Waals surface area contributed by atoms with Crippen molar-refractivity contribution in [2.45, 2.75) is 13.3 Å². The summed E-state index contributed by atoms with van der Waals surface area (Å²) in [5.41, 5.74) is 0.403. The summed E-state index contributed by atoms with van der Waals surface area (Å²) in [6, 6.07) is 1.57. The first-order chi connectivity index (χ1) is 6.94. The molecule has 0 spiro atoms. The third-order valence-electron chi connectivity index (χ3n) is 1.54. The molecule has 4 nitrogen and oxygen atoms in total. The highest BCUT2D eigenvalue weighted by molar-refractivity contribution is 9.10. The maximum atomic E-state index is 11.4. The maximum Gasteiger partial charge on any atom is 0.232 e. The van der Waals surface area contributed by atoms with E-state index < -0.39 is 10.0 Å². The molecule has 0 atom stereocenters. The van der Waals surface area contributed by atoms with Gasteiger partial charge in [-0.15, -0.1) is 0 Å². The zero-order valence-corrected chi connectivity index (χ0v) is 11.2. The second kappa shape index (κ2) is 5.14. The number of hydrogen-bond acceptors (Lipinski definition) is 3. The summed E-state index contributed by atoms with van der Waals surface area (Å²) in [6.45, 7) is 1.80. The molecule has 84 valence electrons. The topological polar surface area (TPSA) is 59.1 Å². The van der Waals surface area contributed by atoms with Crippen molar-refractivity contribution in [3.63, 3.8) is 0 Å². The van der Waals surface area contributed by atoms with Gasteiger partial charge >= 0.3 is 0 Å². The molecule has 0 bridgehead atoms. The van der Waals surface area contributed by atoms with Gasteiger partial charge in [-0.25, -0.2) is 13.4 Å². The van der Waals surface area contributed by atoms with E-state index in [2.05, 4.69) is 25.6 Å². The van der Waals surface area contributed by atoms with Crippen LogP contribution < -0.4 is 4.72 Å². The molecule has 0 saturated carbocycles. The van der Waals surface area contributed by atoms with Gasteiger partial charge in [-0.05, 0) is 28.4 Å². The van der Waals surface area contributed by atoms with Gasteiger partial charge in [-0.3, -0.25) is 4.72 Å². The molecular weight excluding hydrogens is 304 g/mol. The van der Waals surface area contributed by atoms with Crippen LogP contribution in [0.5, 0.6) is 0 Å². The third-order valence-corrected chi connectivity index (χ3v) is 4.17. The number of aromatic nitrogens is 1. The van der Waals surface area contributed by atoms with Gasteiger partial charge in [0.15, 0.2) is 0 Å². The molecule has 1 aromatic rings. The lowest BCUT2D eigenvalue weighted by Gasteiger charge is -2.06. The van der Waals surface area contributed by atoms with Crippen LogP contribution in [0, 0.1) is 0 Å². The molecule has 15 heavy (non-hydrogen) atoms. The number of sulfonamides is 1. The van der Waals surface area contributed by atoms with Crippen molar-refractivity contribution in [2.24, 2.45) is 0 Å². The number of pyridine rings is 1. The first-order valence-corrected chi connectivity index (χ1v) is 7.08. The van der Waals surface area contributed by atoms with Gasteiger partial charge in [0.05, 0.1) is 22.1 Å². The summed E-state index contributed by atoms with van der Waals surface area (Å²) < 4.78 is 25.8. The van der Waals surface area contributed by atoms with Gasteiger partial charge in [0, 0.05) is 0 Å². The van der Waals surface area contributed by atoms with Gasteiger partial charge in [-0.2, -0.15) is 0 Å². The third kappa shape index (κ3) is 3.96. The van der Waals surface area contributed by atoms with E-state index >= 15 is 0 Å². The van der Waals surface area contributed by atoms with Crippen molar-refractivity contribution < 1.29 is 8.42 Å². The Morgan fingerprint density at radius 2 is 2.27 bits per heavy atom. The monoisotopic (exact) mass is 312 g/mol. The van der Waals surface area contributed by atoms with Crippen molar-refractivity contribution in [2.75, 3.05) is 10.5 Å². The first kappa shape index (κ1) is 12.7. The fraction of sp³-hybridized carbons (Fsp3) is 0.375. The molecule has 0 radical (unpaired) electrons. The van der Waals surface area contributed by atoms with Crippen LogP contribution in [-0.2, 0) is 10.0 Å². The summed E-state index contributed by atoms with van der Waals surface area (Å²) in [5.74, 6) is 0.0905. The highest BCUT2D eigenvalue weighted by Crippen LogP contribution is 2.23. The second-order valence-electron chi connectivity index (χ2n) is 2.92. The number of hydrogen-bond donors (Lipinski definition) is 1. The molecule has 0 aliphatic heterocycles. The highest BCUT2D eigenvalue weighted by atomic mass is 79.9. The van der Waals surface area contributed by atoms with Crippen molar-refractivity contribution in [1.29, 1.82) is 0 Å². The Bertz CT molecular complexity index is 450. The lowest BCUT2D eigenvalue weighted by Crippen LogP contribution is -2.16. The van der Waals surface area contributed by atoms with Gasteiger partial charge in [0.25, 0.3) is 0 Å².